The third kappa shape index (κ3) is 5.47. The molecule has 0 saturated heterocycles. The second-order valence-electron chi connectivity index (χ2n) is 6.37. The minimum atomic E-state index is -4.60. The molecular formula is C21H17F3N2O3. The van der Waals surface area contributed by atoms with Crippen LogP contribution >= 0.6 is 0 Å². The molecule has 1 amide bonds. The SMILES string of the molecule is Cc1cccc(Oc2ccc(NC(=O)Cn3cc(C(F)(F)F)ccc3=O)cc2)c1. The van der Waals surface area contributed by atoms with Gasteiger partial charge in [-0.1, -0.05) is 12.1 Å². The lowest BCUT2D eigenvalue weighted by atomic mass is 10.2. The third-order valence-corrected chi connectivity index (χ3v) is 3.99. The van der Waals surface area contributed by atoms with E-state index in [1.807, 2.05) is 31.2 Å². The van der Waals surface area contributed by atoms with Gasteiger partial charge in [0.1, 0.15) is 18.0 Å². The molecule has 0 bridgehead atoms. The maximum Gasteiger partial charge on any atom is 0.417 e. The second-order valence-corrected chi connectivity index (χ2v) is 6.37. The summed E-state index contributed by atoms with van der Waals surface area (Å²) < 4.78 is 44.7. The van der Waals surface area contributed by atoms with Crippen LogP contribution in [0.1, 0.15) is 11.1 Å². The summed E-state index contributed by atoms with van der Waals surface area (Å²) in [4.78, 5) is 23.9. The molecule has 0 aliphatic carbocycles. The van der Waals surface area contributed by atoms with Gasteiger partial charge in [-0.05, 0) is 55.0 Å². The van der Waals surface area contributed by atoms with Gasteiger partial charge in [-0.15, -0.1) is 0 Å². The number of anilines is 1. The predicted molar refractivity (Wildman–Crippen MR) is 102 cm³/mol. The third-order valence-electron chi connectivity index (χ3n) is 3.99. The van der Waals surface area contributed by atoms with Gasteiger partial charge in [0.25, 0.3) is 5.56 Å². The lowest BCUT2D eigenvalue weighted by Crippen LogP contribution is -2.28. The first-order valence-electron chi connectivity index (χ1n) is 8.63. The molecule has 3 aromatic rings. The quantitative estimate of drug-likeness (QED) is 0.678. The number of carbonyl (C=O) groups is 1. The van der Waals surface area contributed by atoms with Gasteiger partial charge in [0, 0.05) is 18.0 Å². The Labute approximate surface area is 164 Å². The van der Waals surface area contributed by atoms with Gasteiger partial charge >= 0.3 is 6.18 Å². The molecule has 0 radical (unpaired) electrons. The van der Waals surface area contributed by atoms with Crippen molar-refractivity contribution >= 4 is 11.6 Å². The smallest absolute Gasteiger partial charge is 0.417 e. The molecule has 150 valence electrons. The number of rotatable bonds is 5. The Balaban J connectivity index is 1.65. The highest BCUT2D eigenvalue weighted by Crippen LogP contribution is 2.28. The maximum absolute atomic E-state index is 12.8. The molecule has 0 unspecified atom stereocenters. The van der Waals surface area contributed by atoms with Crippen molar-refractivity contribution in [3.63, 3.8) is 0 Å². The fourth-order valence-corrected chi connectivity index (χ4v) is 2.60. The van der Waals surface area contributed by atoms with Gasteiger partial charge < -0.3 is 14.6 Å². The standard InChI is InChI=1S/C21H17F3N2O3/c1-14-3-2-4-18(11-14)29-17-8-6-16(7-9-17)25-19(27)13-26-12-15(21(22,23)24)5-10-20(26)28/h2-12H,13H2,1H3,(H,25,27). The Morgan fingerprint density at radius 1 is 1.03 bits per heavy atom. The summed E-state index contributed by atoms with van der Waals surface area (Å²) in [7, 11) is 0. The summed E-state index contributed by atoms with van der Waals surface area (Å²) in [5.74, 6) is 0.604. The number of ether oxygens (including phenoxy) is 1. The zero-order chi connectivity index (χ0) is 21.0. The Morgan fingerprint density at radius 3 is 2.41 bits per heavy atom. The predicted octanol–water partition coefficient (Wildman–Crippen LogP) is 4.61. The molecule has 1 N–H and O–H groups in total. The Hall–Kier alpha value is -3.55. The van der Waals surface area contributed by atoms with Gasteiger partial charge in [-0.25, -0.2) is 0 Å². The van der Waals surface area contributed by atoms with Crippen molar-refractivity contribution in [1.29, 1.82) is 0 Å². The van der Waals surface area contributed by atoms with Crippen LogP contribution in [0.2, 0.25) is 0 Å². The topological polar surface area (TPSA) is 60.3 Å². The number of carbonyl (C=O) groups excluding carboxylic acids is 1. The van der Waals surface area contributed by atoms with Gasteiger partial charge in [0.05, 0.1) is 5.56 Å². The van der Waals surface area contributed by atoms with E-state index >= 15 is 0 Å². The van der Waals surface area contributed by atoms with Crippen molar-refractivity contribution in [3.8, 4) is 11.5 Å². The fraction of sp³-hybridized carbons (Fsp3) is 0.143. The number of halogens is 3. The highest BCUT2D eigenvalue weighted by Gasteiger charge is 2.31. The summed E-state index contributed by atoms with van der Waals surface area (Å²) >= 11 is 0. The highest BCUT2D eigenvalue weighted by molar-refractivity contribution is 5.90. The average Bonchev–Trinajstić information content (AvgIpc) is 2.64. The van der Waals surface area contributed by atoms with Crippen LogP contribution in [0.15, 0.2) is 71.7 Å². The number of nitrogens with one attached hydrogen (secondary N) is 1. The van der Waals surface area contributed by atoms with Crippen molar-refractivity contribution in [2.45, 2.75) is 19.6 Å². The first kappa shape index (κ1) is 20.2. The van der Waals surface area contributed by atoms with E-state index in [0.717, 1.165) is 11.6 Å². The molecule has 2 aromatic carbocycles. The van der Waals surface area contributed by atoms with Crippen LogP contribution in [0.25, 0.3) is 0 Å². The number of aryl methyl sites for hydroxylation is 1. The highest BCUT2D eigenvalue weighted by atomic mass is 19.4. The van der Waals surface area contributed by atoms with E-state index in [4.69, 9.17) is 4.74 Å². The molecule has 8 heteroatoms. The number of amides is 1. The largest absolute Gasteiger partial charge is 0.457 e. The van der Waals surface area contributed by atoms with Gasteiger partial charge in [-0.2, -0.15) is 13.2 Å². The lowest BCUT2D eigenvalue weighted by molar-refractivity contribution is -0.138. The van der Waals surface area contributed by atoms with E-state index in [-0.39, 0.29) is 0 Å². The van der Waals surface area contributed by atoms with Crippen LogP contribution < -0.4 is 15.6 Å². The van der Waals surface area contributed by atoms with Crippen molar-refractivity contribution in [2.24, 2.45) is 0 Å². The van der Waals surface area contributed by atoms with Gasteiger partial charge in [0.15, 0.2) is 0 Å². The molecule has 0 fully saturated rings. The summed E-state index contributed by atoms with van der Waals surface area (Å²) in [6, 6.07) is 15.5. The van der Waals surface area contributed by atoms with Gasteiger partial charge in [0.2, 0.25) is 5.91 Å². The van der Waals surface area contributed by atoms with E-state index in [0.29, 0.717) is 34.0 Å². The molecular weight excluding hydrogens is 385 g/mol. The van der Waals surface area contributed by atoms with Crippen LogP contribution in [0.4, 0.5) is 18.9 Å². The van der Waals surface area contributed by atoms with Crippen LogP contribution in [0.5, 0.6) is 11.5 Å². The molecule has 3 rings (SSSR count). The Kier molecular flexibility index (Phi) is 5.72. The van der Waals surface area contributed by atoms with Crippen molar-refractivity contribution in [1.82, 2.24) is 4.57 Å². The molecule has 5 nitrogen and oxygen atoms in total. The van der Waals surface area contributed by atoms with Crippen LogP contribution in [-0.4, -0.2) is 10.5 Å². The molecule has 1 heterocycles. The summed E-state index contributed by atoms with van der Waals surface area (Å²) in [5.41, 5.74) is -0.222. The summed E-state index contributed by atoms with van der Waals surface area (Å²) in [5, 5.41) is 2.54. The van der Waals surface area contributed by atoms with Crippen molar-refractivity contribution in [2.75, 3.05) is 5.32 Å². The number of hydrogen-bond acceptors (Lipinski definition) is 3. The lowest BCUT2D eigenvalue weighted by Gasteiger charge is -2.11. The number of benzene rings is 2. The fourth-order valence-electron chi connectivity index (χ4n) is 2.60. The van der Waals surface area contributed by atoms with Crippen LogP contribution in [-0.2, 0) is 17.5 Å². The first-order valence-corrected chi connectivity index (χ1v) is 8.63. The minimum absolute atomic E-state index is 0.423. The molecule has 29 heavy (non-hydrogen) atoms. The molecule has 0 aliphatic heterocycles. The molecule has 0 atom stereocenters. The molecule has 0 aliphatic rings. The van der Waals surface area contributed by atoms with E-state index in [1.165, 1.54) is 0 Å². The average molecular weight is 402 g/mol. The van der Waals surface area contributed by atoms with E-state index in [2.05, 4.69) is 5.32 Å². The van der Waals surface area contributed by atoms with E-state index in [1.54, 1.807) is 24.3 Å². The minimum Gasteiger partial charge on any atom is -0.457 e. The Bertz CT molecular complexity index is 1070. The van der Waals surface area contributed by atoms with Crippen LogP contribution in [0, 0.1) is 6.92 Å². The van der Waals surface area contributed by atoms with Crippen molar-refractivity contribution < 1.29 is 22.7 Å². The zero-order valence-corrected chi connectivity index (χ0v) is 15.4. The summed E-state index contributed by atoms with van der Waals surface area (Å²) in [6.07, 6.45) is -3.97. The zero-order valence-electron chi connectivity index (χ0n) is 15.4. The number of nitrogens with zero attached hydrogens (tertiary/aromatic N) is 1. The molecule has 0 saturated carbocycles. The number of aromatic nitrogens is 1. The van der Waals surface area contributed by atoms with E-state index < -0.39 is 29.8 Å². The molecule has 0 spiro atoms. The van der Waals surface area contributed by atoms with Crippen LogP contribution in [0.3, 0.4) is 0 Å². The number of pyridine rings is 1. The maximum atomic E-state index is 12.8. The van der Waals surface area contributed by atoms with Crippen molar-refractivity contribution in [3.05, 3.63) is 88.3 Å². The normalized spacial score (nSPS) is 11.2. The molecule has 1 aromatic heterocycles. The number of hydrogen-bond donors (Lipinski definition) is 1. The van der Waals surface area contributed by atoms with Gasteiger partial charge in [-0.3, -0.25) is 9.59 Å². The summed E-state index contributed by atoms with van der Waals surface area (Å²) in [6.45, 7) is 1.41. The first-order chi connectivity index (χ1) is 13.7. The monoisotopic (exact) mass is 402 g/mol. The Morgan fingerprint density at radius 2 is 1.76 bits per heavy atom. The second kappa shape index (κ2) is 8.22. The van der Waals surface area contributed by atoms with E-state index in [9.17, 15) is 22.8 Å². The number of alkyl halides is 3.